The largest absolute Gasteiger partial charge is 0.301 e. The average molecular weight is 253 g/mol. The summed E-state index contributed by atoms with van der Waals surface area (Å²) in [6.45, 7) is 1.70. The van der Waals surface area contributed by atoms with Crippen molar-refractivity contribution in [1.29, 1.82) is 0 Å². The third-order valence-electron chi connectivity index (χ3n) is 1.90. The van der Waals surface area contributed by atoms with E-state index in [1.54, 1.807) is 0 Å². The van der Waals surface area contributed by atoms with Gasteiger partial charge in [-0.15, -0.1) is 11.6 Å². The topological polar surface area (TPSA) is 3.24 Å². The lowest BCUT2D eigenvalue weighted by Crippen LogP contribution is -2.19. The standard InChI is InChI=1S/C10H12Cl3N/c1-14(5-4-11)7-8-2-3-9(12)10(13)6-8/h2-3,6H,4-5,7H2,1H3. The van der Waals surface area contributed by atoms with Gasteiger partial charge in [0.05, 0.1) is 10.0 Å². The number of nitrogens with zero attached hydrogens (tertiary/aromatic N) is 1. The molecule has 0 fully saturated rings. The first-order valence-electron chi connectivity index (χ1n) is 4.32. The Balaban J connectivity index is 2.63. The lowest BCUT2D eigenvalue weighted by Gasteiger charge is -2.15. The van der Waals surface area contributed by atoms with Gasteiger partial charge in [-0.2, -0.15) is 0 Å². The predicted molar refractivity (Wildman–Crippen MR) is 63.5 cm³/mol. The molecule has 0 N–H and O–H groups in total. The van der Waals surface area contributed by atoms with Crippen LogP contribution >= 0.6 is 34.8 Å². The molecule has 0 aliphatic heterocycles. The molecule has 1 aromatic carbocycles. The SMILES string of the molecule is CN(CCCl)Cc1ccc(Cl)c(Cl)c1. The first-order chi connectivity index (χ1) is 6.63. The van der Waals surface area contributed by atoms with Gasteiger partial charge in [0.25, 0.3) is 0 Å². The van der Waals surface area contributed by atoms with Gasteiger partial charge < -0.3 is 4.90 Å². The van der Waals surface area contributed by atoms with Crippen LogP contribution in [0.15, 0.2) is 18.2 Å². The van der Waals surface area contributed by atoms with Crippen molar-refractivity contribution in [2.75, 3.05) is 19.5 Å². The van der Waals surface area contributed by atoms with Crippen molar-refractivity contribution in [2.45, 2.75) is 6.54 Å². The van der Waals surface area contributed by atoms with Crippen molar-refractivity contribution in [3.63, 3.8) is 0 Å². The Kier molecular flexibility index (Phi) is 5.04. The Hall–Kier alpha value is 0.0500. The van der Waals surface area contributed by atoms with Crippen LogP contribution < -0.4 is 0 Å². The summed E-state index contributed by atoms with van der Waals surface area (Å²) in [5, 5.41) is 1.19. The summed E-state index contributed by atoms with van der Waals surface area (Å²) >= 11 is 17.3. The Bertz CT molecular complexity index is 301. The van der Waals surface area contributed by atoms with Crippen molar-refractivity contribution in [3.8, 4) is 0 Å². The molecule has 0 saturated heterocycles. The van der Waals surface area contributed by atoms with Gasteiger partial charge in [-0.1, -0.05) is 29.3 Å². The highest BCUT2D eigenvalue weighted by Crippen LogP contribution is 2.22. The molecule has 4 heteroatoms. The van der Waals surface area contributed by atoms with Crippen LogP contribution in [0.5, 0.6) is 0 Å². The maximum absolute atomic E-state index is 5.90. The van der Waals surface area contributed by atoms with E-state index in [0.29, 0.717) is 15.9 Å². The van der Waals surface area contributed by atoms with E-state index in [0.717, 1.165) is 18.7 Å². The van der Waals surface area contributed by atoms with Crippen LogP contribution in [0.25, 0.3) is 0 Å². The highest BCUT2D eigenvalue weighted by atomic mass is 35.5. The van der Waals surface area contributed by atoms with E-state index in [1.807, 2.05) is 25.2 Å². The van der Waals surface area contributed by atoms with Gasteiger partial charge in [-0.05, 0) is 24.7 Å². The highest BCUT2D eigenvalue weighted by molar-refractivity contribution is 6.42. The molecule has 0 bridgehead atoms. The highest BCUT2D eigenvalue weighted by Gasteiger charge is 2.02. The van der Waals surface area contributed by atoms with E-state index in [1.165, 1.54) is 0 Å². The van der Waals surface area contributed by atoms with Crippen molar-refractivity contribution < 1.29 is 0 Å². The van der Waals surface area contributed by atoms with Crippen LogP contribution in [0.1, 0.15) is 5.56 Å². The van der Waals surface area contributed by atoms with Gasteiger partial charge in [0.15, 0.2) is 0 Å². The molecule has 14 heavy (non-hydrogen) atoms. The number of hydrogen-bond acceptors (Lipinski definition) is 1. The van der Waals surface area contributed by atoms with E-state index in [4.69, 9.17) is 34.8 Å². The summed E-state index contributed by atoms with van der Waals surface area (Å²) in [6.07, 6.45) is 0. The fraction of sp³-hybridized carbons (Fsp3) is 0.400. The molecule has 0 spiro atoms. The molecule has 0 aliphatic rings. The predicted octanol–water partition coefficient (Wildman–Crippen LogP) is 3.66. The number of hydrogen-bond donors (Lipinski definition) is 0. The minimum absolute atomic E-state index is 0.593. The van der Waals surface area contributed by atoms with Gasteiger partial charge in [-0.3, -0.25) is 0 Å². The van der Waals surface area contributed by atoms with Crippen molar-refractivity contribution >= 4 is 34.8 Å². The molecule has 1 rings (SSSR count). The fourth-order valence-corrected chi connectivity index (χ4v) is 1.78. The van der Waals surface area contributed by atoms with Gasteiger partial charge in [0.1, 0.15) is 0 Å². The number of benzene rings is 1. The minimum Gasteiger partial charge on any atom is -0.301 e. The number of rotatable bonds is 4. The van der Waals surface area contributed by atoms with Crippen LogP contribution in [-0.4, -0.2) is 24.4 Å². The van der Waals surface area contributed by atoms with Crippen molar-refractivity contribution in [1.82, 2.24) is 4.90 Å². The normalized spacial score (nSPS) is 10.9. The molecule has 0 aliphatic carbocycles. The van der Waals surface area contributed by atoms with Gasteiger partial charge in [-0.25, -0.2) is 0 Å². The van der Waals surface area contributed by atoms with Crippen molar-refractivity contribution in [2.24, 2.45) is 0 Å². The Morgan fingerprint density at radius 3 is 2.50 bits per heavy atom. The molecule has 0 unspecified atom stereocenters. The number of alkyl halides is 1. The molecule has 0 amide bonds. The van der Waals surface area contributed by atoms with E-state index in [2.05, 4.69) is 4.90 Å². The zero-order chi connectivity index (χ0) is 10.6. The summed E-state index contributed by atoms with van der Waals surface area (Å²) < 4.78 is 0. The van der Waals surface area contributed by atoms with Crippen LogP contribution in [0, 0.1) is 0 Å². The Morgan fingerprint density at radius 2 is 1.93 bits per heavy atom. The first kappa shape index (κ1) is 12.1. The molecule has 0 heterocycles. The van der Waals surface area contributed by atoms with Gasteiger partial charge in [0, 0.05) is 19.0 Å². The molecule has 0 aromatic heterocycles. The van der Waals surface area contributed by atoms with Gasteiger partial charge in [0.2, 0.25) is 0 Å². The zero-order valence-electron chi connectivity index (χ0n) is 7.93. The second-order valence-electron chi connectivity index (χ2n) is 3.18. The molecule has 1 aromatic rings. The molecule has 78 valence electrons. The summed E-state index contributed by atoms with van der Waals surface area (Å²) in [5.74, 6) is 0.637. The summed E-state index contributed by atoms with van der Waals surface area (Å²) in [5.41, 5.74) is 1.15. The minimum atomic E-state index is 0.593. The monoisotopic (exact) mass is 251 g/mol. The maximum Gasteiger partial charge on any atom is 0.0595 e. The zero-order valence-corrected chi connectivity index (χ0v) is 10.2. The lowest BCUT2D eigenvalue weighted by molar-refractivity contribution is 0.348. The number of halogens is 3. The molecular formula is C10H12Cl3N. The summed E-state index contributed by atoms with van der Waals surface area (Å²) in [7, 11) is 2.02. The van der Waals surface area contributed by atoms with E-state index < -0.39 is 0 Å². The molecule has 0 saturated carbocycles. The van der Waals surface area contributed by atoms with E-state index >= 15 is 0 Å². The second-order valence-corrected chi connectivity index (χ2v) is 4.37. The smallest absolute Gasteiger partial charge is 0.0595 e. The molecule has 0 atom stereocenters. The Morgan fingerprint density at radius 1 is 1.21 bits per heavy atom. The third-order valence-corrected chi connectivity index (χ3v) is 2.81. The quantitative estimate of drug-likeness (QED) is 0.739. The molecule has 1 nitrogen and oxygen atoms in total. The van der Waals surface area contributed by atoms with E-state index in [9.17, 15) is 0 Å². The van der Waals surface area contributed by atoms with Crippen LogP contribution in [0.3, 0.4) is 0 Å². The summed E-state index contributed by atoms with van der Waals surface area (Å²) in [4.78, 5) is 2.13. The van der Waals surface area contributed by atoms with Crippen LogP contribution in [-0.2, 0) is 6.54 Å². The lowest BCUT2D eigenvalue weighted by atomic mass is 10.2. The average Bonchev–Trinajstić information content (AvgIpc) is 2.12. The first-order valence-corrected chi connectivity index (χ1v) is 5.61. The van der Waals surface area contributed by atoms with Crippen molar-refractivity contribution in [3.05, 3.63) is 33.8 Å². The fourth-order valence-electron chi connectivity index (χ4n) is 1.17. The second kappa shape index (κ2) is 5.82. The Labute approximate surface area is 99.6 Å². The summed E-state index contributed by atoms with van der Waals surface area (Å²) in [6, 6.07) is 5.67. The van der Waals surface area contributed by atoms with Crippen LogP contribution in [0.4, 0.5) is 0 Å². The molecule has 0 radical (unpaired) electrons. The van der Waals surface area contributed by atoms with Gasteiger partial charge >= 0.3 is 0 Å². The van der Waals surface area contributed by atoms with E-state index in [-0.39, 0.29) is 0 Å². The third kappa shape index (κ3) is 3.66. The van der Waals surface area contributed by atoms with Crippen LogP contribution in [0.2, 0.25) is 10.0 Å². The molecular weight excluding hydrogens is 240 g/mol. The maximum atomic E-state index is 5.90.